The SMILES string of the molecule is CCCc1cc(C(=O)N[C@@H]2[C@H]3CCO[C@H]3[C@H]2COC)n[nH]1. The number of nitrogens with one attached hydrogen (secondary N) is 2. The first kappa shape index (κ1) is 14.5. The molecule has 0 unspecified atom stereocenters. The molecule has 0 aromatic carbocycles. The highest BCUT2D eigenvalue weighted by Gasteiger charge is 2.54. The number of carbonyl (C=O) groups excluding carboxylic acids is 1. The Bertz CT molecular complexity index is 502. The normalized spacial score (nSPS) is 30.8. The number of fused-ring (bicyclic) bond motifs is 1. The summed E-state index contributed by atoms with van der Waals surface area (Å²) >= 11 is 0. The highest BCUT2D eigenvalue weighted by molar-refractivity contribution is 5.92. The average molecular weight is 293 g/mol. The van der Waals surface area contributed by atoms with Gasteiger partial charge in [-0.1, -0.05) is 13.3 Å². The van der Waals surface area contributed by atoms with Crippen molar-refractivity contribution in [3.63, 3.8) is 0 Å². The molecule has 1 saturated carbocycles. The molecule has 1 aliphatic heterocycles. The second-order valence-electron chi connectivity index (χ2n) is 5.93. The Labute approximate surface area is 124 Å². The number of aryl methyl sites for hydroxylation is 1. The summed E-state index contributed by atoms with van der Waals surface area (Å²) in [6, 6.07) is 1.97. The Kier molecular flexibility index (Phi) is 4.26. The van der Waals surface area contributed by atoms with Gasteiger partial charge in [0, 0.05) is 37.3 Å². The molecule has 2 heterocycles. The summed E-state index contributed by atoms with van der Waals surface area (Å²) in [5, 5.41) is 10.1. The number of aromatic amines is 1. The lowest BCUT2D eigenvalue weighted by Gasteiger charge is -2.47. The van der Waals surface area contributed by atoms with Crippen molar-refractivity contribution in [3.8, 4) is 0 Å². The van der Waals surface area contributed by atoms with Crippen molar-refractivity contribution in [2.75, 3.05) is 20.3 Å². The standard InChI is InChI=1S/C15H23N3O3/c1-3-4-9-7-12(18-17-9)15(19)16-13-10-5-6-21-14(10)11(13)8-20-2/h7,10-11,13-14H,3-6,8H2,1-2H3,(H,16,19)(H,17,18)/t10-,11+,13-,14-/m1/s1. The number of nitrogens with zero attached hydrogens (tertiary/aromatic N) is 1. The molecule has 0 spiro atoms. The molecule has 0 bridgehead atoms. The molecule has 3 rings (SSSR count). The maximum atomic E-state index is 12.3. The first-order valence-corrected chi connectivity index (χ1v) is 7.70. The molecule has 2 fully saturated rings. The largest absolute Gasteiger partial charge is 0.384 e. The smallest absolute Gasteiger partial charge is 0.272 e. The molecule has 1 amide bonds. The number of ether oxygens (including phenoxy) is 2. The maximum Gasteiger partial charge on any atom is 0.272 e. The lowest BCUT2D eigenvalue weighted by atomic mass is 9.67. The molecule has 21 heavy (non-hydrogen) atoms. The molecule has 6 heteroatoms. The minimum Gasteiger partial charge on any atom is -0.384 e. The third-order valence-electron chi connectivity index (χ3n) is 4.57. The number of hydrogen-bond donors (Lipinski definition) is 2. The van der Waals surface area contributed by atoms with E-state index in [1.165, 1.54) is 0 Å². The van der Waals surface area contributed by atoms with Crippen LogP contribution in [0.5, 0.6) is 0 Å². The zero-order valence-electron chi connectivity index (χ0n) is 12.6. The summed E-state index contributed by atoms with van der Waals surface area (Å²) in [5.41, 5.74) is 1.48. The Hall–Kier alpha value is -1.40. The van der Waals surface area contributed by atoms with Gasteiger partial charge in [-0.3, -0.25) is 9.89 Å². The summed E-state index contributed by atoms with van der Waals surface area (Å²) in [7, 11) is 1.69. The number of carbonyl (C=O) groups is 1. The quantitative estimate of drug-likeness (QED) is 0.824. The van der Waals surface area contributed by atoms with Crippen molar-refractivity contribution in [2.24, 2.45) is 11.8 Å². The van der Waals surface area contributed by atoms with Gasteiger partial charge < -0.3 is 14.8 Å². The zero-order chi connectivity index (χ0) is 14.8. The Morgan fingerprint density at radius 1 is 1.62 bits per heavy atom. The molecule has 0 radical (unpaired) electrons. The highest BCUT2D eigenvalue weighted by atomic mass is 16.5. The predicted molar refractivity (Wildman–Crippen MR) is 77.0 cm³/mol. The summed E-state index contributed by atoms with van der Waals surface area (Å²) in [6.45, 7) is 3.50. The van der Waals surface area contributed by atoms with Crippen LogP contribution in [0.15, 0.2) is 6.07 Å². The Morgan fingerprint density at radius 3 is 3.24 bits per heavy atom. The van der Waals surface area contributed by atoms with Crippen molar-refractivity contribution in [3.05, 3.63) is 17.5 Å². The molecule has 1 saturated heterocycles. The van der Waals surface area contributed by atoms with Crippen molar-refractivity contribution in [2.45, 2.75) is 38.3 Å². The van der Waals surface area contributed by atoms with Crippen LogP contribution >= 0.6 is 0 Å². The topological polar surface area (TPSA) is 76.2 Å². The van der Waals surface area contributed by atoms with E-state index in [4.69, 9.17) is 9.47 Å². The van der Waals surface area contributed by atoms with E-state index < -0.39 is 0 Å². The number of methoxy groups -OCH3 is 1. The maximum absolute atomic E-state index is 12.3. The highest BCUT2D eigenvalue weighted by Crippen LogP contribution is 2.43. The fraction of sp³-hybridized carbons (Fsp3) is 0.733. The summed E-state index contributed by atoms with van der Waals surface area (Å²) in [6.07, 6.45) is 3.19. The minimum atomic E-state index is -0.106. The van der Waals surface area contributed by atoms with Gasteiger partial charge in [0.05, 0.1) is 12.7 Å². The summed E-state index contributed by atoms with van der Waals surface area (Å²) < 4.78 is 11.0. The Morgan fingerprint density at radius 2 is 2.48 bits per heavy atom. The number of rotatable bonds is 6. The Balaban J connectivity index is 1.63. The van der Waals surface area contributed by atoms with Crippen LogP contribution in [0, 0.1) is 11.8 Å². The van der Waals surface area contributed by atoms with E-state index in [2.05, 4.69) is 22.4 Å². The first-order valence-electron chi connectivity index (χ1n) is 7.70. The number of H-pyrrole nitrogens is 1. The van der Waals surface area contributed by atoms with Crippen LogP contribution in [0.25, 0.3) is 0 Å². The van der Waals surface area contributed by atoms with Crippen LogP contribution in [0.3, 0.4) is 0 Å². The molecule has 1 aliphatic carbocycles. The van der Waals surface area contributed by atoms with Gasteiger partial charge in [0.1, 0.15) is 5.69 Å². The van der Waals surface area contributed by atoms with Crippen molar-refractivity contribution >= 4 is 5.91 Å². The number of amides is 1. The van der Waals surface area contributed by atoms with Crippen LogP contribution in [-0.2, 0) is 15.9 Å². The van der Waals surface area contributed by atoms with Crippen LogP contribution in [0.1, 0.15) is 35.9 Å². The van der Waals surface area contributed by atoms with E-state index in [0.29, 0.717) is 18.2 Å². The molecule has 2 N–H and O–H groups in total. The fourth-order valence-electron chi connectivity index (χ4n) is 3.54. The van der Waals surface area contributed by atoms with Gasteiger partial charge in [0.25, 0.3) is 5.91 Å². The van der Waals surface area contributed by atoms with Crippen molar-refractivity contribution < 1.29 is 14.3 Å². The van der Waals surface area contributed by atoms with Crippen LogP contribution < -0.4 is 5.32 Å². The molecule has 1 aromatic heterocycles. The first-order chi connectivity index (χ1) is 10.2. The minimum absolute atomic E-state index is 0.106. The van der Waals surface area contributed by atoms with Gasteiger partial charge in [-0.05, 0) is 18.9 Å². The lowest BCUT2D eigenvalue weighted by Crippen LogP contribution is -2.62. The average Bonchev–Trinajstić information content (AvgIpc) is 3.10. The second-order valence-corrected chi connectivity index (χ2v) is 5.93. The third kappa shape index (κ3) is 2.70. The van der Waals surface area contributed by atoms with E-state index in [0.717, 1.165) is 31.6 Å². The van der Waals surface area contributed by atoms with E-state index in [1.807, 2.05) is 6.07 Å². The van der Waals surface area contributed by atoms with Gasteiger partial charge in [-0.2, -0.15) is 5.10 Å². The number of hydrogen-bond acceptors (Lipinski definition) is 4. The van der Waals surface area contributed by atoms with Gasteiger partial charge in [-0.25, -0.2) is 0 Å². The summed E-state index contributed by atoms with van der Waals surface area (Å²) in [4.78, 5) is 12.3. The van der Waals surface area contributed by atoms with Gasteiger partial charge in [0.15, 0.2) is 0 Å². The molecule has 1 aromatic rings. The molecule has 116 valence electrons. The second kappa shape index (κ2) is 6.15. The van der Waals surface area contributed by atoms with Crippen molar-refractivity contribution in [1.82, 2.24) is 15.5 Å². The van der Waals surface area contributed by atoms with Gasteiger partial charge in [-0.15, -0.1) is 0 Å². The van der Waals surface area contributed by atoms with Gasteiger partial charge >= 0.3 is 0 Å². The fourth-order valence-corrected chi connectivity index (χ4v) is 3.54. The number of aromatic nitrogens is 2. The van der Waals surface area contributed by atoms with Crippen LogP contribution in [0.4, 0.5) is 0 Å². The van der Waals surface area contributed by atoms with Crippen LogP contribution in [0.2, 0.25) is 0 Å². The van der Waals surface area contributed by atoms with Crippen molar-refractivity contribution in [1.29, 1.82) is 0 Å². The van der Waals surface area contributed by atoms with Crippen LogP contribution in [-0.4, -0.2) is 48.6 Å². The van der Waals surface area contributed by atoms with E-state index >= 15 is 0 Å². The molecule has 6 nitrogen and oxygen atoms in total. The van der Waals surface area contributed by atoms with Gasteiger partial charge in [0.2, 0.25) is 0 Å². The van der Waals surface area contributed by atoms with E-state index in [-0.39, 0.29) is 24.0 Å². The predicted octanol–water partition coefficient (Wildman–Crippen LogP) is 1.14. The molecular formula is C15H23N3O3. The molecular weight excluding hydrogens is 270 g/mol. The van der Waals surface area contributed by atoms with E-state index in [1.54, 1.807) is 7.11 Å². The molecule has 2 aliphatic rings. The third-order valence-corrected chi connectivity index (χ3v) is 4.57. The lowest BCUT2D eigenvalue weighted by molar-refractivity contribution is -0.0810. The monoisotopic (exact) mass is 293 g/mol. The zero-order valence-corrected chi connectivity index (χ0v) is 12.6. The summed E-state index contributed by atoms with van der Waals surface area (Å²) in [5.74, 6) is 0.564. The molecule has 4 atom stereocenters. The van der Waals surface area contributed by atoms with E-state index in [9.17, 15) is 4.79 Å².